The summed E-state index contributed by atoms with van der Waals surface area (Å²) in [5.41, 5.74) is 8.85. The highest BCUT2D eigenvalue weighted by Gasteiger charge is 2.32. The highest BCUT2D eigenvalue weighted by molar-refractivity contribution is 5.99. The Morgan fingerprint density at radius 1 is 1.00 bits per heavy atom. The Labute approximate surface area is 170 Å². The van der Waals surface area contributed by atoms with Crippen molar-refractivity contribution < 1.29 is 18.0 Å². The predicted molar refractivity (Wildman–Crippen MR) is 105 cm³/mol. The summed E-state index contributed by atoms with van der Waals surface area (Å²) in [6.07, 6.45) is -2.78. The third-order valence-electron chi connectivity index (χ3n) is 5.21. The Kier molecular flexibility index (Phi) is 5.44. The van der Waals surface area contributed by atoms with Crippen LogP contribution < -0.4 is 5.73 Å². The lowest BCUT2D eigenvalue weighted by molar-refractivity contribution is -0.149. The van der Waals surface area contributed by atoms with Gasteiger partial charge in [-0.25, -0.2) is 9.50 Å². The molecule has 0 aliphatic carbocycles. The second kappa shape index (κ2) is 8.04. The van der Waals surface area contributed by atoms with Crippen molar-refractivity contribution >= 4 is 11.6 Å². The maximum atomic E-state index is 12.5. The molecule has 0 radical (unpaired) electrons. The number of hydrogen-bond donors (Lipinski definition) is 1. The summed E-state index contributed by atoms with van der Waals surface area (Å²) in [6, 6.07) is 11.3. The molecule has 1 saturated heterocycles. The Morgan fingerprint density at radius 2 is 1.67 bits per heavy atom. The van der Waals surface area contributed by atoms with Gasteiger partial charge in [0.05, 0.1) is 17.8 Å². The van der Waals surface area contributed by atoms with Crippen molar-refractivity contribution in [3.8, 4) is 11.3 Å². The molecule has 2 N–H and O–H groups in total. The van der Waals surface area contributed by atoms with E-state index in [4.69, 9.17) is 5.73 Å². The Morgan fingerprint density at radius 3 is 2.30 bits per heavy atom. The van der Waals surface area contributed by atoms with Crippen LogP contribution in [0.1, 0.15) is 15.9 Å². The number of alkyl halides is 3. The molecule has 4 rings (SSSR count). The zero-order valence-corrected chi connectivity index (χ0v) is 16.1. The molecular weight excluding hydrogens is 397 g/mol. The van der Waals surface area contributed by atoms with Crippen LogP contribution in [-0.2, 0) is 6.54 Å². The molecule has 0 bridgehead atoms. The van der Waals surface area contributed by atoms with Gasteiger partial charge in [0.15, 0.2) is 5.65 Å². The number of rotatable bonds is 5. The number of nitrogens with two attached hydrogens (primary N) is 1. The van der Waals surface area contributed by atoms with E-state index in [-0.39, 0.29) is 0 Å². The highest BCUT2D eigenvalue weighted by Crippen LogP contribution is 2.23. The number of pyridine rings is 1. The van der Waals surface area contributed by atoms with E-state index in [1.165, 1.54) is 11.2 Å². The second-order valence-electron chi connectivity index (χ2n) is 7.36. The summed E-state index contributed by atoms with van der Waals surface area (Å²) >= 11 is 0. The molecule has 1 aliphatic heterocycles. The predicted octanol–water partition coefficient (Wildman–Crippen LogP) is 2.18. The molecule has 10 heteroatoms. The molecule has 2 aromatic heterocycles. The van der Waals surface area contributed by atoms with Crippen molar-refractivity contribution in [1.82, 2.24) is 24.4 Å². The quantitative estimate of drug-likeness (QED) is 0.687. The maximum Gasteiger partial charge on any atom is 0.401 e. The Hall–Kier alpha value is -2.98. The van der Waals surface area contributed by atoms with Crippen LogP contribution in [0.3, 0.4) is 0 Å². The fourth-order valence-corrected chi connectivity index (χ4v) is 3.72. The number of amides is 1. The van der Waals surface area contributed by atoms with Crippen LogP contribution in [0.4, 0.5) is 13.2 Å². The first-order valence-corrected chi connectivity index (χ1v) is 9.53. The van der Waals surface area contributed by atoms with Crippen LogP contribution in [0.5, 0.6) is 0 Å². The zero-order chi connectivity index (χ0) is 21.3. The lowest BCUT2D eigenvalue weighted by Crippen LogP contribution is -2.48. The molecule has 0 unspecified atom stereocenters. The van der Waals surface area contributed by atoms with Crippen molar-refractivity contribution in [2.24, 2.45) is 5.73 Å². The number of carbonyl (C=O) groups is 1. The molecule has 0 spiro atoms. The average molecular weight is 418 g/mol. The minimum atomic E-state index is -4.15. The summed E-state index contributed by atoms with van der Waals surface area (Å²) in [4.78, 5) is 19.3. The van der Waals surface area contributed by atoms with Gasteiger partial charge in [-0.2, -0.15) is 18.3 Å². The smallest absolute Gasteiger partial charge is 0.365 e. The number of hydrogen-bond acceptors (Lipinski definition) is 5. The van der Waals surface area contributed by atoms with E-state index in [0.29, 0.717) is 43.9 Å². The number of halogens is 3. The number of carbonyl (C=O) groups excluding carboxylic acids is 1. The number of piperazine rings is 1. The summed E-state index contributed by atoms with van der Waals surface area (Å²) in [5, 5.41) is 4.19. The van der Waals surface area contributed by atoms with E-state index in [0.717, 1.165) is 16.8 Å². The molecule has 3 aromatic rings. The first kappa shape index (κ1) is 20.3. The van der Waals surface area contributed by atoms with Gasteiger partial charge < -0.3 is 5.73 Å². The lowest BCUT2D eigenvalue weighted by atomic mass is 10.1. The maximum absolute atomic E-state index is 12.5. The Bertz CT molecular complexity index is 1040. The van der Waals surface area contributed by atoms with E-state index in [1.807, 2.05) is 24.3 Å². The molecule has 1 aromatic carbocycles. The van der Waals surface area contributed by atoms with E-state index in [9.17, 15) is 18.0 Å². The normalized spacial score (nSPS) is 16.2. The van der Waals surface area contributed by atoms with Gasteiger partial charge in [0, 0.05) is 38.3 Å². The largest absolute Gasteiger partial charge is 0.401 e. The summed E-state index contributed by atoms with van der Waals surface area (Å²) < 4.78 is 39.1. The van der Waals surface area contributed by atoms with Gasteiger partial charge in [0.25, 0.3) is 5.91 Å². The van der Waals surface area contributed by atoms with Crippen LogP contribution in [-0.4, -0.2) is 69.2 Å². The monoisotopic (exact) mass is 418 g/mol. The minimum absolute atomic E-state index is 0.303. The van der Waals surface area contributed by atoms with E-state index >= 15 is 0 Å². The molecule has 158 valence electrons. The number of fused-ring (bicyclic) bond motifs is 1. The first-order chi connectivity index (χ1) is 14.3. The Balaban J connectivity index is 1.43. The van der Waals surface area contributed by atoms with Gasteiger partial charge in [0.1, 0.15) is 6.33 Å². The van der Waals surface area contributed by atoms with Crippen LogP contribution in [0.2, 0.25) is 0 Å². The second-order valence-corrected chi connectivity index (χ2v) is 7.36. The van der Waals surface area contributed by atoms with Crippen molar-refractivity contribution in [3.05, 3.63) is 53.9 Å². The molecule has 30 heavy (non-hydrogen) atoms. The van der Waals surface area contributed by atoms with E-state index in [2.05, 4.69) is 15.0 Å². The topological polar surface area (TPSA) is 79.8 Å². The number of primary amides is 1. The third-order valence-corrected chi connectivity index (χ3v) is 5.21. The fourth-order valence-electron chi connectivity index (χ4n) is 3.72. The molecule has 0 saturated carbocycles. The average Bonchev–Trinajstić information content (AvgIpc) is 3.18. The van der Waals surface area contributed by atoms with Gasteiger partial charge in [-0.3, -0.25) is 14.6 Å². The minimum Gasteiger partial charge on any atom is -0.365 e. The number of nitrogens with zero attached hydrogens (tertiary/aromatic N) is 5. The van der Waals surface area contributed by atoms with Crippen LogP contribution in [0.25, 0.3) is 16.9 Å². The number of benzene rings is 1. The standard InChI is InChI=1S/C20H21F3N6O/c21-20(22,23)12-28-9-7-27(8-10-28)11-14-1-3-15(4-2-14)17-6-5-16(18(24)30)19-25-13-26-29(17)19/h1-6,13H,7-12H2,(H2,24,30). The molecule has 0 atom stereocenters. The van der Waals surface area contributed by atoms with Gasteiger partial charge >= 0.3 is 6.18 Å². The zero-order valence-electron chi connectivity index (χ0n) is 16.1. The SMILES string of the molecule is NC(=O)c1ccc(-c2ccc(CN3CCN(CC(F)(F)F)CC3)cc2)n2ncnc12. The molecule has 1 fully saturated rings. The summed E-state index contributed by atoms with van der Waals surface area (Å²) in [5.74, 6) is -0.565. The van der Waals surface area contributed by atoms with Gasteiger partial charge in [0.2, 0.25) is 0 Å². The molecular formula is C20H21F3N6O. The van der Waals surface area contributed by atoms with Gasteiger partial charge in [-0.1, -0.05) is 24.3 Å². The van der Waals surface area contributed by atoms with Crippen LogP contribution in [0, 0.1) is 0 Å². The molecule has 1 amide bonds. The molecule has 7 nitrogen and oxygen atoms in total. The van der Waals surface area contributed by atoms with Crippen molar-refractivity contribution in [3.63, 3.8) is 0 Å². The van der Waals surface area contributed by atoms with E-state index < -0.39 is 18.6 Å². The van der Waals surface area contributed by atoms with Gasteiger partial charge in [-0.05, 0) is 17.7 Å². The first-order valence-electron chi connectivity index (χ1n) is 9.53. The summed E-state index contributed by atoms with van der Waals surface area (Å²) in [7, 11) is 0. The van der Waals surface area contributed by atoms with Gasteiger partial charge in [-0.15, -0.1) is 0 Å². The molecule has 1 aliphatic rings. The highest BCUT2D eigenvalue weighted by atomic mass is 19.4. The number of aromatic nitrogens is 3. The van der Waals surface area contributed by atoms with E-state index in [1.54, 1.807) is 16.6 Å². The summed E-state index contributed by atoms with van der Waals surface area (Å²) in [6.45, 7) is 1.86. The van der Waals surface area contributed by atoms with Crippen molar-refractivity contribution in [1.29, 1.82) is 0 Å². The van der Waals surface area contributed by atoms with Crippen molar-refractivity contribution in [2.75, 3.05) is 32.7 Å². The fraction of sp³-hybridized carbons (Fsp3) is 0.350. The molecule has 3 heterocycles. The van der Waals surface area contributed by atoms with Crippen LogP contribution >= 0.6 is 0 Å². The van der Waals surface area contributed by atoms with Crippen LogP contribution in [0.15, 0.2) is 42.7 Å². The van der Waals surface area contributed by atoms with Crippen molar-refractivity contribution in [2.45, 2.75) is 12.7 Å². The third kappa shape index (κ3) is 4.44. The lowest BCUT2D eigenvalue weighted by Gasteiger charge is -2.35.